The minimum absolute atomic E-state index is 0.218. The van der Waals surface area contributed by atoms with Gasteiger partial charge < -0.3 is 5.73 Å². The van der Waals surface area contributed by atoms with Crippen molar-refractivity contribution in [3.05, 3.63) is 33.5 Å². The molecule has 70 valence electrons. The lowest BCUT2D eigenvalue weighted by Crippen LogP contribution is -2.20. The lowest BCUT2D eigenvalue weighted by Gasteiger charge is -2.14. The summed E-state index contributed by atoms with van der Waals surface area (Å²) in [5.41, 5.74) is 7.76. The monoisotopic (exact) mass is 243 g/mol. The predicted octanol–water partition coefficient (Wildman–Crippen LogP) is 2.84. The Kier molecular flexibility index (Phi) is 1.96. The molecule has 0 amide bonds. The molecule has 0 saturated heterocycles. The molecule has 0 heterocycles. The van der Waals surface area contributed by atoms with E-state index in [1.54, 1.807) is 6.07 Å². The van der Waals surface area contributed by atoms with Gasteiger partial charge in [0.1, 0.15) is 5.82 Å². The summed E-state index contributed by atoms with van der Waals surface area (Å²) in [6.07, 6.45) is 1.92. The third-order valence-electron chi connectivity index (χ3n) is 2.63. The number of hydrogen-bond acceptors (Lipinski definition) is 1. The highest BCUT2D eigenvalue weighted by Gasteiger charge is 2.41. The summed E-state index contributed by atoms with van der Waals surface area (Å²) in [7, 11) is 0. The molecule has 1 aromatic carbocycles. The van der Waals surface area contributed by atoms with Crippen molar-refractivity contribution < 1.29 is 4.39 Å². The van der Waals surface area contributed by atoms with Crippen LogP contribution in [0, 0.1) is 12.7 Å². The first kappa shape index (κ1) is 9.16. The van der Waals surface area contributed by atoms with E-state index in [0.717, 1.165) is 28.4 Å². The molecule has 1 aliphatic rings. The maximum atomic E-state index is 13.1. The summed E-state index contributed by atoms with van der Waals surface area (Å²) in [6, 6.07) is 3.03. The van der Waals surface area contributed by atoms with Crippen LogP contribution in [0.15, 0.2) is 16.6 Å². The fourth-order valence-electron chi connectivity index (χ4n) is 1.57. The van der Waals surface area contributed by atoms with Crippen LogP contribution in [0.5, 0.6) is 0 Å². The smallest absolute Gasteiger partial charge is 0.124 e. The molecule has 1 fully saturated rings. The van der Waals surface area contributed by atoms with Crippen LogP contribution in [-0.4, -0.2) is 0 Å². The van der Waals surface area contributed by atoms with Crippen LogP contribution in [0.1, 0.15) is 24.0 Å². The SMILES string of the molecule is Cc1c(Br)cc(F)cc1C1(N)CC1. The molecule has 1 nitrogen and oxygen atoms in total. The topological polar surface area (TPSA) is 26.0 Å². The Balaban J connectivity index is 2.56. The van der Waals surface area contributed by atoms with Gasteiger partial charge in [-0.2, -0.15) is 0 Å². The van der Waals surface area contributed by atoms with Gasteiger partial charge in [-0.15, -0.1) is 0 Å². The van der Waals surface area contributed by atoms with Crippen molar-refractivity contribution in [2.75, 3.05) is 0 Å². The van der Waals surface area contributed by atoms with Gasteiger partial charge in [0.15, 0.2) is 0 Å². The Hall–Kier alpha value is -0.410. The van der Waals surface area contributed by atoms with Crippen LogP contribution in [0.4, 0.5) is 4.39 Å². The van der Waals surface area contributed by atoms with Crippen LogP contribution >= 0.6 is 15.9 Å². The van der Waals surface area contributed by atoms with Crippen molar-refractivity contribution in [1.82, 2.24) is 0 Å². The Morgan fingerprint density at radius 3 is 2.62 bits per heavy atom. The first-order valence-electron chi connectivity index (χ1n) is 4.28. The molecular weight excluding hydrogens is 233 g/mol. The molecule has 2 N–H and O–H groups in total. The van der Waals surface area contributed by atoms with Crippen molar-refractivity contribution in [1.29, 1.82) is 0 Å². The van der Waals surface area contributed by atoms with Crippen molar-refractivity contribution >= 4 is 15.9 Å². The molecule has 0 bridgehead atoms. The van der Waals surface area contributed by atoms with E-state index in [0.29, 0.717) is 0 Å². The van der Waals surface area contributed by atoms with Crippen molar-refractivity contribution in [3.8, 4) is 0 Å². The van der Waals surface area contributed by atoms with Crippen molar-refractivity contribution in [2.24, 2.45) is 5.73 Å². The van der Waals surface area contributed by atoms with E-state index in [1.165, 1.54) is 6.07 Å². The van der Waals surface area contributed by atoms with Crippen LogP contribution in [0.2, 0.25) is 0 Å². The summed E-state index contributed by atoms with van der Waals surface area (Å²) in [6.45, 7) is 1.96. The van der Waals surface area contributed by atoms with Crippen LogP contribution in [0.25, 0.3) is 0 Å². The van der Waals surface area contributed by atoms with Crippen LogP contribution < -0.4 is 5.73 Å². The van der Waals surface area contributed by atoms with E-state index >= 15 is 0 Å². The highest BCUT2D eigenvalue weighted by molar-refractivity contribution is 9.10. The second-order valence-corrected chi connectivity index (χ2v) is 4.57. The van der Waals surface area contributed by atoms with Crippen LogP contribution in [-0.2, 0) is 5.54 Å². The van der Waals surface area contributed by atoms with E-state index in [1.807, 2.05) is 6.92 Å². The van der Waals surface area contributed by atoms with Gasteiger partial charge in [0.25, 0.3) is 0 Å². The molecule has 13 heavy (non-hydrogen) atoms. The zero-order chi connectivity index (χ0) is 9.64. The molecule has 1 aliphatic carbocycles. The summed E-state index contributed by atoms with van der Waals surface area (Å²) in [5.74, 6) is -0.218. The average Bonchev–Trinajstić information content (AvgIpc) is 2.77. The first-order chi connectivity index (χ1) is 6.03. The summed E-state index contributed by atoms with van der Waals surface area (Å²) >= 11 is 3.32. The molecule has 0 atom stereocenters. The quantitative estimate of drug-likeness (QED) is 0.807. The molecule has 1 aromatic rings. The van der Waals surface area contributed by atoms with Gasteiger partial charge >= 0.3 is 0 Å². The van der Waals surface area contributed by atoms with E-state index in [9.17, 15) is 4.39 Å². The van der Waals surface area contributed by atoms with Crippen LogP contribution in [0.3, 0.4) is 0 Å². The normalized spacial score (nSPS) is 18.8. The Bertz CT molecular complexity index is 358. The second kappa shape index (κ2) is 2.79. The summed E-state index contributed by atoms with van der Waals surface area (Å²) in [4.78, 5) is 0. The number of nitrogens with two attached hydrogens (primary N) is 1. The van der Waals surface area contributed by atoms with E-state index in [4.69, 9.17) is 5.73 Å². The average molecular weight is 244 g/mol. The highest BCUT2D eigenvalue weighted by Crippen LogP contribution is 2.45. The second-order valence-electron chi connectivity index (χ2n) is 3.72. The molecule has 3 heteroatoms. The zero-order valence-corrected chi connectivity index (χ0v) is 8.99. The fourth-order valence-corrected chi connectivity index (χ4v) is 2.00. The number of halogens is 2. The zero-order valence-electron chi connectivity index (χ0n) is 7.40. The van der Waals surface area contributed by atoms with Crippen molar-refractivity contribution in [3.63, 3.8) is 0 Å². The maximum Gasteiger partial charge on any atom is 0.124 e. The van der Waals surface area contributed by atoms with Gasteiger partial charge in [0.05, 0.1) is 0 Å². The van der Waals surface area contributed by atoms with E-state index in [-0.39, 0.29) is 11.4 Å². The number of rotatable bonds is 1. The van der Waals surface area contributed by atoms with Gasteiger partial charge in [-0.25, -0.2) is 4.39 Å². The lowest BCUT2D eigenvalue weighted by atomic mass is 10.00. The molecule has 0 unspecified atom stereocenters. The minimum atomic E-state index is -0.255. The number of hydrogen-bond donors (Lipinski definition) is 1. The largest absolute Gasteiger partial charge is 0.321 e. The first-order valence-corrected chi connectivity index (χ1v) is 5.07. The molecule has 0 spiro atoms. The molecule has 2 rings (SSSR count). The Labute approximate surface area is 85.3 Å². The van der Waals surface area contributed by atoms with Gasteiger partial charge in [0, 0.05) is 10.0 Å². The molecule has 0 aliphatic heterocycles. The van der Waals surface area contributed by atoms with E-state index in [2.05, 4.69) is 15.9 Å². The Morgan fingerprint density at radius 1 is 1.46 bits per heavy atom. The minimum Gasteiger partial charge on any atom is -0.321 e. The standard InChI is InChI=1S/C10H11BrFN/c1-6-8(10(13)2-3-10)4-7(12)5-9(6)11/h4-5H,2-3,13H2,1H3. The summed E-state index contributed by atoms with van der Waals surface area (Å²) < 4.78 is 13.9. The van der Waals surface area contributed by atoms with E-state index < -0.39 is 0 Å². The summed E-state index contributed by atoms with van der Waals surface area (Å²) in [5, 5.41) is 0. The molecule has 0 radical (unpaired) electrons. The number of benzene rings is 1. The lowest BCUT2D eigenvalue weighted by molar-refractivity contribution is 0.615. The Morgan fingerprint density at radius 2 is 2.08 bits per heavy atom. The third-order valence-corrected chi connectivity index (χ3v) is 3.46. The predicted molar refractivity (Wildman–Crippen MR) is 53.9 cm³/mol. The van der Waals surface area contributed by atoms with Gasteiger partial charge in [-0.3, -0.25) is 0 Å². The molecule has 1 saturated carbocycles. The van der Waals surface area contributed by atoms with Crippen molar-refractivity contribution in [2.45, 2.75) is 25.3 Å². The maximum absolute atomic E-state index is 13.1. The molecule has 0 aromatic heterocycles. The van der Waals surface area contributed by atoms with Gasteiger partial charge in [-0.1, -0.05) is 15.9 Å². The third kappa shape index (κ3) is 1.51. The van der Waals surface area contributed by atoms with Gasteiger partial charge in [-0.05, 0) is 43.0 Å². The van der Waals surface area contributed by atoms with Gasteiger partial charge in [0.2, 0.25) is 0 Å². The molecular formula is C10H11BrFN. The highest BCUT2D eigenvalue weighted by atomic mass is 79.9. The fraction of sp³-hybridized carbons (Fsp3) is 0.400.